The largest absolute Gasteiger partial charge is 0.502 e. The molecule has 0 aliphatic rings. The van der Waals surface area contributed by atoms with Gasteiger partial charge in [0.25, 0.3) is 0 Å². The second-order valence-corrected chi connectivity index (χ2v) is 3.49. The molecule has 0 saturated heterocycles. The normalized spacial score (nSPS) is 12.8. The molecule has 3 N–H and O–H groups in total. The number of nitrogens with two attached hydrogens (primary N) is 1. The fraction of sp³-hybridized carbons (Fsp3) is 0.333. The molecule has 0 fully saturated rings. The van der Waals surface area contributed by atoms with Gasteiger partial charge < -0.3 is 20.3 Å². The van der Waals surface area contributed by atoms with E-state index in [-0.39, 0.29) is 11.8 Å². The van der Waals surface area contributed by atoms with Crippen molar-refractivity contribution < 1.29 is 14.6 Å². The first-order valence-corrected chi connectivity index (χ1v) is 4.97. The van der Waals surface area contributed by atoms with Gasteiger partial charge in [0.1, 0.15) is 0 Å². The predicted molar refractivity (Wildman–Crippen MR) is 63.9 cm³/mol. The Kier molecular flexibility index (Phi) is 4.19. The van der Waals surface area contributed by atoms with Gasteiger partial charge in [-0.25, -0.2) is 0 Å². The number of ether oxygens (including phenoxy) is 2. The summed E-state index contributed by atoms with van der Waals surface area (Å²) in [6, 6.07) is 3.42. The first kappa shape index (κ1) is 12.4. The lowest BCUT2D eigenvalue weighted by Crippen LogP contribution is -2.09. The highest BCUT2D eigenvalue weighted by Crippen LogP contribution is 2.37. The molecule has 4 nitrogen and oxygen atoms in total. The minimum atomic E-state index is -0.0224. The summed E-state index contributed by atoms with van der Waals surface area (Å²) in [4.78, 5) is 0. The number of phenols is 1. The zero-order valence-corrected chi connectivity index (χ0v) is 9.73. The van der Waals surface area contributed by atoms with Crippen molar-refractivity contribution in [1.82, 2.24) is 0 Å². The van der Waals surface area contributed by atoms with E-state index in [0.29, 0.717) is 11.5 Å². The van der Waals surface area contributed by atoms with Crippen LogP contribution in [0.3, 0.4) is 0 Å². The molecule has 1 atom stereocenters. The van der Waals surface area contributed by atoms with Crippen LogP contribution < -0.4 is 15.2 Å². The van der Waals surface area contributed by atoms with Gasteiger partial charge in [-0.05, 0) is 24.6 Å². The molecule has 0 aromatic heterocycles. The number of benzene rings is 1. The lowest BCUT2D eigenvalue weighted by molar-refractivity contribution is 0.340. The minimum absolute atomic E-state index is 0.00273. The van der Waals surface area contributed by atoms with Crippen molar-refractivity contribution in [2.24, 2.45) is 5.73 Å². The molecular weight excluding hydrogens is 206 g/mol. The summed E-state index contributed by atoms with van der Waals surface area (Å²) >= 11 is 0. The molecule has 1 aromatic carbocycles. The van der Waals surface area contributed by atoms with Crippen LogP contribution in [0.4, 0.5) is 0 Å². The number of hydrogen-bond acceptors (Lipinski definition) is 4. The molecule has 0 aliphatic heterocycles. The van der Waals surface area contributed by atoms with E-state index in [0.717, 1.165) is 5.56 Å². The molecule has 1 aromatic rings. The van der Waals surface area contributed by atoms with Crippen molar-refractivity contribution in [2.75, 3.05) is 14.2 Å². The maximum absolute atomic E-state index is 9.69. The second-order valence-electron chi connectivity index (χ2n) is 3.49. The Morgan fingerprint density at radius 1 is 1.25 bits per heavy atom. The lowest BCUT2D eigenvalue weighted by atomic mass is 10.1. The summed E-state index contributed by atoms with van der Waals surface area (Å²) in [6.45, 7) is 1.88. The van der Waals surface area contributed by atoms with Gasteiger partial charge in [-0.15, -0.1) is 0 Å². The predicted octanol–water partition coefficient (Wildman–Crippen LogP) is 1.77. The third-order valence-corrected chi connectivity index (χ3v) is 2.09. The Labute approximate surface area is 95.3 Å². The first-order valence-electron chi connectivity index (χ1n) is 4.97. The molecule has 0 spiro atoms. The summed E-state index contributed by atoms with van der Waals surface area (Å²) in [7, 11) is 2.99. The standard InChI is InChI=1S/C12H17NO3/c1-8(13)4-5-9-6-10(15-2)12(14)11(7-9)16-3/h4-8,14H,13H2,1-3H3/b5-4+. The van der Waals surface area contributed by atoms with Crippen LogP contribution in [0.25, 0.3) is 6.08 Å². The first-order chi connectivity index (χ1) is 7.58. The highest BCUT2D eigenvalue weighted by Gasteiger charge is 2.09. The van der Waals surface area contributed by atoms with Crippen LogP contribution >= 0.6 is 0 Å². The van der Waals surface area contributed by atoms with Crippen LogP contribution in [0, 0.1) is 0 Å². The van der Waals surface area contributed by atoms with Gasteiger partial charge in [0.15, 0.2) is 11.5 Å². The Hall–Kier alpha value is -1.68. The van der Waals surface area contributed by atoms with Gasteiger partial charge in [0, 0.05) is 6.04 Å². The van der Waals surface area contributed by atoms with Crippen molar-refractivity contribution in [1.29, 1.82) is 0 Å². The number of rotatable bonds is 4. The van der Waals surface area contributed by atoms with E-state index in [4.69, 9.17) is 15.2 Å². The Balaban J connectivity index is 3.12. The van der Waals surface area contributed by atoms with Crippen molar-refractivity contribution in [3.63, 3.8) is 0 Å². The SMILES string of the molecule is COc1cc(/C=C/C(C)N)cc(OC)c1O. The van der Waals surface area contributed by atoms with Crippen LogP contribution in [0.5, 0.6) is 17.2 Å². The average molecular weight is 223 g/mol. The smallest absolute Gasteiger partial charge is 0.200 e. The number of aromatic hydroxyl groups is 1. The highest BCUT2D eigenvalue weighted by molar-refractivity contribution is 5.61. The molecule has 1 unspecified atom stereocenters. The zero-order valence-electron chi connectivity index (χ0n) is 9.73. The number of hydrogen-bond donors (Lipinski definition) is 2. The summed E-state index contributed by atoms with van der Waals surface area (Å²) in [6.07, 6.45) is 3.71. The zero-order chi connectivity index (χ0) is 12.1. The van der Waals surface area contributed by atoms with Gasteiger partial charge in [0.05, 0.1) is 14.2 Å². The molecule has 88 valence electrons. The van der Waals surface area contributed by atoms with Gasteiger partial charge in [-0.3, -0.25) is 0 Å². The molecule has 0 amide bonds. The fourth-order valence-corrected chi connectivity index (χ4v) is 1.27. The molecule has 0 bridgehead atoms. The van der Waals surface area contributed by atoms with E-state index in [2.05, 4.69) is 0 Å². The summed E-state index contributed by atoms with van der Waals surface area (Å²) < 4.78 is 10.1. The lowest BCUT2D eigenvalue weighted by Gasteiger charge is -2.09. The topological polar surface area (TPSA) is 64.7 Å². The van der Waals surface area contributed by atoms with E-state index in [1.54, 1.807) is 12.1 Å². The van der Waals surface area contributed by atoms with Crippen molar-refractivity contribution >= 4 is 6.08 Å². The van der Waals surface area contributed by atoms with E-state index >= 15 is 0 Å². The van der Waals surface area contributed by atoms with Gasteiger partial charge in [-0.1, -0.05) is 12.2 Å². The maximum Gasteiger partial charge on any atom is 0.200 e. The highest BCUT2D eigenvalue weighted by atomic mass is 16.5. The van der Waals surface area contributed by atoms with Gasteiger partial charge in [0.2, 0.25) is 5.75 Å². The molecule has 0 heterocycles. The second kappa shape index (κ2) is 5.42. The van der Waals surface area contributed by atoms with Crippen LogP contribution in [-0.2, 0) is 0 Å². The Morgan fingerprint density at radius 2 is 1.75 bits per heavy atom. The van der Waals surface area contributed by atoms with E-state index in [1.165, 1.54) is 14.2 Å². The van der Waals surface area contributed by atoms with E-state index in [9.17, 15) is 5.11 Å². The van der Waals surface area contributed by atoms with Crippen LogP contribution in [0.2, 0.25) is 0 Å². The molecule has 4 heteroatoms. The maximum atomic E-state index is 9.69. The van der Waals surface area contributed by atoms with E-state index in [1.807, 2.05) is 19.1 Å². The fourth-order valence-electron chi connectivity index (χ4n) is 1.27. The molecule has 0 saturated carbocycles. The third kappa shape index (κ3) is 2.90. The average Bonchev–Trinajstić information content (AvgIpc) is 2.27. The monoisotopic (exact) mass is 223 g/mol. The molecule has 0 aliphatic carbocycles. The molecular formula is C12H17NO3. The number of methoxy groups -OCH3 is 2. The number of phenolic OH excluding ortho intramolecular Hbond substituents is 1. The third-order valence-electron chi connectivity index (χ3n) is 2.09. The van der Waals surface area contributed by atoms with Crippen LogP contribution in [-0.4, -0.2) is 25.4 Å². The molecule has 1 rings (SSSR count). The summed E-state index contributed by atoms with van der Waals surface area (Å²) in [5.74, 6) is 0.760. The van der Waals surface area contributed by atoms with Crippen LogP contribution in [0.1, 0.15) is 12.5 Å². The quantitative estimate of drug-likeness (QED) is 0.816. The van der Waals surface area contributed by atoms with Crippen molar-refractivity contribution in [3.05, 3.63) is 23.8 Å². The minimum Gasteiger partial charge on any atom is -0.502 e. The summed E-state index contributed by atoms with van der Waals surface area (Å²) in [5, 5.41) is 9.69. The Morgan fingerprint density at radius 3 is 2.12 bits per heavy atom. The molecule has 0 radical (unpaired) electrons. The molecule has 16 heavy (non-hydrogen) atoms. The van der Waals surface area contributed by atoms with E-state index < -0.39 is 0 Å². The Bertz CT molecular complexity index is 361. The van der Waals surface area contributed by atoms with Gasteiger partial charge in [-0.2, -0.15) is 0 Å². The van der Waals surface area contributed by atoms with Crippen molar-refractivity contribution in [3.8, 4) is 17.2 Å². The van der Waals surface area contributed by atoms with Gasteiger partial charge >= 0.3 is 0 Å². The van der Waals surface area contributed by atoms with Crippen molar-refractivity contribution in [2.45, 2.75) is 13.0 Å². The van der Waals surface area contributed by atoms with Crippen LogP contribution in [0.15, 0.2) is 18.2 Å². The summed E-state index contributed by atoms with van der Waals surface area (Å²) in [5.41, 5.74) is 6.48.